The number of nitrogens with one attached hydrogen (secondary N) is 2. The van der Waals surface area contributed by atoms with Crippen LogP contribution in [0.15, 0.2) is 23.6 Å². The van der Waals surface area contributed by atoms with Crippen LogP contribution in [0, 0.1) is 6.92 Å². The normalized spacial score (nSPS) is 11.4. The molecule has 0 fully saturated rings. The highest BCUT2D eigenvalue weighted by atomic mass is 127. The molecule has 6 nitrogen and oxygen atoms in total. The molecule has 0 aliphatic carbocycles. The van der Waals surface area contributed by atoms with Gasteiger partial charge in [0, 0.05) is 30.5 Å². The summed E-state index contributed by atoms with van der Waals surface area (Å²) in [6.07, 6.45) is 4.39. The Morgan fingerprint density at radius 2 is 2.09 bits per heavy atom. The number of aliphatic imine (C=N–C) groups is 1. The van der Waals surface area contributed by atoms with E-state index in [0.717, 1.165) is 14.5 Å². The van der Waals surface area contributed by atoms with E-state index in [1.807, 2.05) is 6.92 Å². The van der Waals surface area contributed by atoms with Crippen molar-refractivity contribution in [2.24, 2.45) is 4.99 Å². The predicted octanol–water partition coefficient (Wildman–Crippen LogP) is 2.53. The molecule has 0 unspecified atom stereocenters. The Kier molecular flexibility index (Phi) is 7.65. The molecule has 2 aromatic rings. The van der Waals surface area contributed by atoms with Gasteiger partial charge >= 0.3 is 6.55 Å². The summed E-state index contributed by atoms with van der Waals surface area (Å²) in [5.41, 5.74) is 0. The Morgan fingerprint density at radius 3 is 2.68 bits per heavy atom. The number of aryl methyl sites for hydroxylation is 1. The van der Waals surface area contributed by atoms with Crippen LogP contribution in [0.4, 0.5) is 8.78 Å². The lowest BCUT2D eigenvalue weighted by molar-refractivity contribution is 0.0668. The van der Waals surface area contributed by atoms with Crippen LogP contribution >= 0.6 is 35.3 Å². The van der Waals surface area contributed by atoms with Gasteiger partial charge in [-0.2, -0.15) is 8.78 Å². The topological polar surface area (TPSA) is 67.1 Å². The van der Waals surface area contributed by atoms with Crippen LogP contribution in [0.2, 0.25) is 0 Å². The molecule has 2 aromatic heterocycles. The average Bonchev–Trinajstić information content (AvgIpc) is 3.08. The third-order valence-corrected chi connectivity index (χ3v) is 3.59. The van der Waals surface area contributed by atoms with Gasteiger partial charge in [-0.3, -0.25) is 9.56 Å². The first-order valence-corrected chi connectivity index (χ1v) is 7.07. The van der Waals surface area contributed by atoms with E-state index in [2.05, 4.69) is 25.6 Å². The summed E-state index contributed by atoms with van der Waals surface area (Å²) in [6.45, 7) is 0.0749. The van der Waals surface area contributed by atoms with Gasteiger partial charge in [-0.1, -0.05) is 0 Å². The van der Waals surface area contributed by atoms with Crippen molar-refractivity contribution in [2.75, 3.05) is 7.05 Å². The summed E-state index contributed by atoms with van der Waals surface area (Å²) in [4.78, 5) is 13.3. The summed E-state index contributed by atoms with van der Waals surface area (Å²) in [7, 11) is 1.61. The van der Waals surface area contributed by atoms with E-state index in [1.54, 1.807) is 24.6 Å². The highest BCUT2D eigenvalue weighted by molar-refractivity contribution is 14.0. The van der Waals surface area contributed by atoms with Crippen molar-refractivity contribution in [2.45, 2.75) is 26.6 Å². The number of rotatable bonds is 5. The third kappa shape index (κ3) is 5.16. The number of alkyl halides is 2. The van der Waals surface area contributed by atoms with E-state index in [0.29, 0.717) is 12.5 Å². The molecule has 22 heavy (non-hydrogen) atoms. The molecule has 0 aliphatic rings. The highest BCUT2D eigenvalue weighted by Gasteiger charge is 2.11. The molecule has 0 atom stereocenters. The lowest BCUT2D eigenvalue weighted by Gasteiger charge is -2.11. The Balaban J connectivity index is 0.00000242. The molecule has 0 bridgehead atoms. The van der Waals surface area contributed by atoms with Crippen molar-refractivity contribution in [1.29, 1.82) is 0 Å². The zero-order valence-corrected chi connectivity index (χ0v) is 15.2. The van der Waals surface area contributed by atoms with Gasteiger partial charge in [0.15, 0.2) is 5.96 Å². The summed E-state index contributed by atoms with van der Waals surface area (Å²) in [5.74, 6) is 0.754. The Labute approximate surface area is 148 Å². The zero-order valence-electron chi connectivity index (χ0n) is 12.1. The van der Waals surface area contributed by atoms with E-state index in [9.17, 15) is 8.78 Å². The second-order valence-corrected chi connectivity index (χ2v) is 5.49. The maximum absolute atomic E-state index is 12.7. The molecule has 0 aliphatic heterocycles. The quantitative estimate of drug-likeness (QED) is 0.425. The van der Waals surface area contributed by atoms with Gasteiger partial charge in [0.25, 0.3) is 0 Å². The lowest BCUT2D eigenvalue weighted by atomic mass is 10.5. The van der Waals surface area contributed by atoms with Gasteiger partial charge in [-0.25, -0.2) is 9.97 Å². The molecular weight excluding hydrogens is 425 g/mol. The van der Waals surface area contributed by atoms with E-state index < -0.39 is 6.55 Å². The van der Waals surface area contributed by atoms with Crippen molar-refractivity contribution in [3.8, 4) is 0 Å². The van der Waals surface area contributed by atoms with E-state index >= 15 is 0 Å². The molecule has 0 spiro atoms. The Bertz CT molecular complexity index is 612. The van der Waals surface area contributed by atoms with Gasteiger partial charge < -0.3 is 10.6 Å². The van der Waals surface area contributed by atoms with E-state index in [4.69, 9.17) is 0 Å². The number of nitrogens with zero attached hydrogens (tertiary/aromatic N) is 4. The first kappa shape index (κ1) is 18.7. The maximum Gasteiger partial charge on any atom is 0.319 e. The highest BCUT2D eigenvalue weighted by Crippen LogP contribution is 2.12. The summed E-state index contributed by atoms with van der Waals surface area (Å²) in [6, 6.07) is 0. The number of hydrogen-bond acceptors (Lipinski definition) is 4. The molecule has 0 radical (unpaired) electrons. The minimum absolute atomic E-state index is 0. The van der Waals surface area contributed by atoms with Crippen LogP contribution in [-0.4, -0.2) is 27.5 Å². The molecule has 2 rings (SSSR count). The zero-order chi connectivity index (χ0) is 15.2. The fourth-order valence-electron chi connectivity index (χ4n) is 1.68. The molecule has 0 amide bonds. The van der Waals surface area contributed by atoms with Crippen molar-refractivity contribution in [3.05, 3.63) is 34.3 Å². The van der Waals surface area contributed by atoms with Crippen molar-refractivity contribution in [3.63, 3.8) is 0 Å². The molecular formula is C12H17F2IN6S. The number of thiazole rings is 1. The Morgan fingerprint density at radius 1 is 1.36 bits per heavy atom. The van der Waals surface area contributed by atoms with Gasteiger partial charge in [-0.05, 0) is 6.92 Å². The van der Waals surface area contributed by atoms with Gasteiger partial charge in [0.05, 0.1) is 13.1 Å². The largest absolute Gasteiger partial charge is 0.350 e. The SMILES string of the molecule is CN=C(NCc1ncc(C)s1)NCc1nccn1C(F)F.I. The molecule has 2 heterocycles. The fourth-order valence-corrected chi connectivity index (χ4v) is 2.41. The van der Waals surface area contributed by atoms with E-state index in [-0.39, 0.29) is 36.3 Å². The number of imidazole rings is 1. The van der Waals surface area contributed by atoms with Crippen LogP contribution < -0.4 is 10.6 Å². The molecule has 2 N–H and O–H groups in total. The van der Waals surface area contributed by atoms with Gasteiger partial charge in [-0.15, -0.1) is 35.3 Å². The molecule has 122 valence electrons. The van der Waals surface area contributed by atoms with Crippen LogP contribution in [0.5, 0.6) is 0 Å². The number of guanidine groups is 1. The predicted molar refractivity (Wildman–Crippen MR) is 92.8 cm³/mol. The van der Waals surface area contributed by atoms with Gasteiger partial charge in [0.1, 0.15) is 10.8 Å². The van der Waals surface area contributed by atoms with E-state index in [1.165, 1.54) is 12.4 Å². The monoisotopic (exact) mass is 442 g/mol. The average molecular weight is 442 g/mol. The summed E-state index contributed by atoms with van der Waals surface area (Å²) >= 11 is 1.59. The number of halogens is 3. The first-order valence-electron chi connectivity index (χ1n) is 6.26. The van der Waals surface area contributed by atoms with Crippen LogP contribution in [-0.2, 0) is 13.1 Å². The molecule has 10 heteroatoms. The standard InChI is InChI=1S/C12H16F2N6S.HI/c1-8-5-17-10(21-8)7-19-12(15-2)18-6-9-16-3-4-20(9)11(13)14;/h3-5,11H,6-7H2,1-2H3,(H2,15,18,19);1H. The second kappa shape index (κ2) is 8.98. The summed E-state index contributed by atoms with van der Waals surface area (Å²) in [5, 5.41) is 6.95. The van der Waals surface area contributed by atoms with Crippen LogP contribution in [0.1, 0.15) is 22.3 Å². The van der Waals surface area contributed by atoms with Gasteiger partial charge in [0.2, 0.25) is 0 Å². The number of aromatic nitrogens is 3. The van der Waals surface area contributed by atoms with Crippen molar-refractivity contribution in [1.82, 2.24) is 25.2 Å². The van der Waals surface area contributed by atoms with Crippen LogP contribution in [0.25, 0.3) is 0 Å². The lowest BCUT2D eigenvalue weighted by Crippen LogP contribution is -2.37. The minimum atomic E-state index is -2.60. The number of hydrogen-bond donors (Lipinski definition) is 2. The smallest absolute Gasteiger partial charge is 0.319 e. The first-order chi connectivity index (χ1) is 10.1. The van der Waals surface area contributed by atoms with Crippen molar-refractivity contribution >= 4 is 41.3 Å². The minimum Gasteiger partial charge on any atom is -0.350 e. The molecule has 0 saturated heterocycles. The third-order valence-electron chi connectivity index (χ3n) is 2.67. The van der Waals surface area contributed by atoms with Crippen molar-refractivity contribution < 1.29 is 8.78 Å². The Hall–Kier alpha value is -1.30. The van der Waals surface area contributed by atoms with Crippen LogP contribution in [0.3, 0.4) is 0 Å². The summed E-state index contributed by atoms with van der Waals surface area (Å²) < 4.78 is 26.2. The fraction of sp³-hybridized carbons (Fsp3) is 0.417. The molecule has 0 saturated carbocycles. The molecule has 0 aromatic carbocycles. The second-order valence-electron chi connectivity index (χ2n) is 4.17. The maximum atomic E-state index is 12.7.